The van der Waals surface area contributed by atoms with Gasteiger partial charge in [-0.2, -0.15) is 8.42 Å². The molecule has 1 aromatic carbocycles. The highest BCUT2D eigenvalue weighted by Crippen LogP contribution is 2.61. The molecule has 3 aliphatic carbocycles. The summed E-state index contributed by atoms with van der Waals surface area (Å²) in [5.74, 6) is 1.66. The maximum absolute atomic E-state index is 11.5. The van der Waals surface area contributed by atoms with Crippen molar-refractivity contribution >= 4 is 16.4 Å². The minimum atomic E-state index is -3.95. The lowest BCUT2D eigenvalue weighted by atomic mass is 9.57. The van der Waals surface area contributed by atoms with E-state index in [1.165, 1.54) is 5.56 Å². The summed E-state index contributed by atoms with van der Waals surface area (Å²) < 4.78 is 33.5. The van der Waals surface area contributed by atoms with E-state index in [0.717, 1.165) is 24.8 Å². The molecule has 0 unspecified atom stereocenters. The standard InChI is InChI=1S/C19H25NO5S/c1-19-8-7-12-13(15(19)5-6-18(19)25-26(20,22)23)4-3-11-9-16(21)17(24-2)10-14(11)12/h3-4,9-10,12-13,15,18,21H,5-8H2,1-2H3,(H2,20,22,23)/t12-,13+,15-,18-,19-/m0/s1. The van der Waals surface area contributed by atoms with Crippen LogP contribution < -0.4 is 9.88 Å². The molecule has 0 saturated heterocycles. The molecule has 3 N–H and O–H groups in total. The Labute approximate surface area is 154 Å². The van der Waals surface area contributed by atoms with Crippen molar-refractivity contribution in [3.63, 3.8) is 0 Å². The first-order valence-electron chi connectivity index (χ1n) is 9.03. The van der Waals surface area contributed by atoms with Gasteiger partial charge in [0.25, 0.3) is 0 Å². The van der Waals surface area contributed by atoms with E-state index in [4.69, 9.17) is 14.1 Å². The number of benzene rings is 1. The summed E-state index contributed by atoms with van der Waals surface area (Å²) in [4.78, 5) is 0. The molecule has 26 heavy (non-hydrogen) atoms. The van der Waals surface area contributed by atoms with Gasteiger partial charge in [-0.15, -0.1) is 0 Å². The number of ether oxygens (including phenoxy) is 1. The molecule has 3 aliphatic rings. The van der Waals surface area contributed by atoms with Crippen molar-refractivity contribution in [1.29, 1.82) is 0 Å². The normalized spacial score (nSPS) is 35.5. The van der Waals surface area contributed by atoms with Gasteiger partial charge in [0.05, 0.1) is 13.2 Å². The average molecular weight is 379 g/mol. The second-order valence-electron chi connectivity index (χ2n) is 8.00. The third-order valence-electron chi connectivity index (χ3n) is 6.78. The number of hydrogen-bond donors (Lipinski definition) is 2. The van der Waals surface area contributed by atoms with Crippen LogP contribution >= 0.6 is 0 Å². The molecule has 6 nitrogen and oxygen atoms in total. The molecular formula is C19H25NO5S. The Balaban J connectivity index is 1.67. The summed E-state index contributed by atoms with van der Waals surface area (Å²) >= 11 is 0. The molecule has 142 valence electrons. The van der Waals surface area contributed by atoms with Crippen molar-refractivity contribution in [3.8, 4) is 11.5 Å². The smallest absolute Gasteiger partial charge is 0.333 e. The van der Waals surface area contributed by atoms with Gasteiger partial charge in [-0.05, 0) is 72.1 Å². The minimum Gasteiger partial charge on any atom is -0.504 e. The number of phenolic OH excluding ortho intramolecular Hbond substituents is 1. The van der Waals surface area contributed by atoms with Gasteiger partial charge in [-0.25, -0.2) is 5.14 Å². The molecule has 4 rings (SSSR count). The molecule has 2 saturated carbocycles. The van der Waals surface area contributed by atoms with Crippen LogP contribution in [0, 0.1) is 17.3 Å². The van der Waals surface area contributed by atoms with Crippen LogP contribution in [0.2, 0.25) is 0 Å². The Hall–Kier alpha value is -1.57. The third kappa shape index (κ3) is 2.73. The fraction of sp³-hybridized carbons (Fsp3) is 0.579. The topological polar surface area (TPSA) is 98.8 Å². The first-order valence-corrected chi connectivity index (χ1v) is 10.5. The van der Waals surface area contributed by atoms with E-state index in [-0.39, 0.29) is 17.3 Å². The van der Waals surface area contributed by atoms with E-state index in [1.54, 1.807) is 13.2 Å². The van der Waals surface area contributed by atoms with Crippen molar-refractivity contribution in [2.45, 2.75) is 44.6 Å². The maximum Gasteiger partial charge on any atom is 0.333 e. The van der Waals surface area contributed by atoms with Crippen molar-refractivity contribution in [1.82, 2.24) is 0 Å². The number of hydrogen-bond acceptors (Lipinski definition) is 5. The summed E-state index contributed by atoms with van der Waals surface area (Å²) in [6.07, 6.45) is 7.39. The molecule has 7 heteroatoms. The number of fused-ring (bicyclic) bond motifs is 5. The minimum absolute atomic E-state index is 0.150. The zero-order valence-electron chi connectivity index (χ0n) is 15.0. The van der Waals surface area contributed by atoms with Gasteiger partial charge in [0.2, 0.25) is 0 Å². The van der Waals surface area contributed by atoms with Crippen LogP contribution in [-0.4, -0.2) is 26.7 Å². The highest BCUT2D eigenvalue weighted by Gasteiger charge is 2.55. The summed E-state index contributed by atoms with van der Waals surface area (Å²) in [5.41, 5.74) is 2.03. The van der Waals surface area contributed by atoms with Crippen LogP contribution in [0.25, 0.3) is 6.08 Å². The van der Waals surface area contributed by atoms with Crippen molar-refractivity contribution in [3.05, 3.63) is 29.3 Å². The number of methoxy groups -OCH3 is 1. The fourth-order valence-corrected chi connectivity index (χ4v) is 6.18. The number of allylic oxidation sites excluding steroid dienone is 1. The highest BCUT2D eigenvalue weighted by molar-refractivity contribution is 7.84. The van der Waals surface area contributed by atoms with Crippen molar-refractivity contribution in [2.75, 3.05) is 7.11 Å². The molecule has 2 fully saturated rings. The molecule has 5 atom stereocenters. The van der Waals surface area contributed by atoms with Crippen LogP contribution in [0.3, 0.4) is 0 Å². The van der Waals surface area contributed by atoms with Gasteiger partial charge in [0, 0.05) is 0 Å². The Kier molecular flexibility index (Phi) is 4.09. The first-order chi connectivity index (χ1) is 12.2. The van der Waals surface area contributed by atoms with Gasteiger partial charge in [0.1, 0.15) is 0 Å². The molecular weight excluding hydrogens is 354 g/mol. The number of rotatable bonds is 3. The molecule has 0 bridgehead atoms. The Morgan fingerprint density at radius 1 is 1.27 bits per heavy atom. The molecule has 0 radical (unpaired) electrons. The lowest BCUT2D eigenvalue weighted by Crippen LogP contribution is -2.44. The molecule has 1 aromatic rings. The number of phenols is 1. The summed E-state index contributed by atoms with van der Waals surface area (Å²) in [6.45, 7) is 2.14. The summed E-state index contributed by atoms with van der Waals surface area (Å²) in [5, 5.41) is 15.2. The second-order valence-corrected chi connectivity index (χ2v) is 9.18. The lowest BCUT2D eigenvalue weighted by Gasteiger charge is -2.48. The number of nitrogens with two attached hydrogens (primary N) is 1. The Morgan fingerprint density at radius 2 is 2.04 bits per heavy atom. The fourth-order valence-electron chi connectivity index (χ4n) is 5.54. The zero-order valence-corrected chi connectivity index (χ0v) is 15.8. The Bertz CT molecular complexity index is 865. The van der Waals surface area contributed by atoms with E-state index in [9.17, 15) is 13.5 Å². The largest absolute Gasteiger partial charge is 0.504 e. The monoisotopic (exact) mass is 379 g/mol. The van der Waals surface area contributed by atoms with Gasteiger partial charge in [-0.3, -0.25) is 4.18 Å². The molecule has 0 heterocycles. The molecule has 0 spiro atoms. The summed E-state index contributed by atoms with van der Waals surface area (Å²) in [7, 11) is -2.39. The van der Waals surface area contributed by atoms with E-state index in [2.05, 4.69) is 19.1 Å². The van der Waals surface area contributed by atoms with Crippen molar-refractivity contribution in [2.24, 2.45) is 22.4 Å². The van der Waals surface area contributed by atoms with Crippen LogP contribution in [0.4, 0.5) is 0 Å². The quantitative estimate of drug-likeness (QED) is 0.841. The Morgan fingerprint density at radius 3 is 2.73 bits per heavy atom. The lowest BCUT2D eigenvalue weighted by molar-refractivity contribution is 0.00906. The van der Waals surface area contributed by atoms with Crippen LogP contribution in [0.15, 0.2) is 18.2 Å². The van der Waals surface area contributed by atoms with Gasteiger partial charge >= 0.3 is 10.3 Å². The number of aromatic hydroxyl groups is 1. The summed E-state index contributed by atoms with van der Waals surface area (Å²) in [6, 6.07) is 3.71. The molecule has 0 aliphatic heterocycles. The molecule has 0 amide bonds. The molecule has 0 aromatic heterocycles. The third-order valence-corrected chi connectivity index (χ3v) is 7.28. The van der Waals surface area contributed by atoms with Crippen LogP contribution in [0.1, 0.15) is 49.7 Å². The SMILES string of the molecule is COc1cc2c(cc1O)C=C[C@@H]1[C@@H]2CC[C@]2(C)[C@@H](OS(N)(=O)=O)CC[C@@H]12. The first kappa shape index (κ1) is 17.8. The second kappa shape index (κ2) is 5.97. The highest BCUT2D eigenvalue weighted by atomic mass is 32.2. The van der Waals surface area contributed by atoms with Gasteiger partial charge < -0.3 is 9.84 Å². The predicted molar refractivity (Wildman–Crippen MR) is 98.0 cm³/mol. The van der Waals surface area contributed by atoms with E-state index in [0.29, 0.717) is 29.9 Å². The van der Waals surface area contributed by atoms with Crippen molar-refractivity contribution < 1.29 is 22.4 Å². The predicted octanol–water partition coefficient (Wildman–Crippen LogP) is 2.93. The average Bonchev–Trinajstić information content (AvgIpc) is 2.89. The van der Waals surface area contributed by atoms with E-state index >= 15 is 0 Å². The zero-order chi connectivity index (χ0) is 18.7. The van der Waals surface area contributed by atoms with Gasteiger partial charge in [0.15, 0.2) is 11.5 Å². The van der Waals surface area contributed by atoms with E-state index < -0.39 is 10.3 Å². The van der Waals surface area contributed by atoms with Gasteiger partial charge in [-0.1, -0.05) is 19.1 Å². The van der Waals surface area contributed by atoms with E-state index in [1.807, 2.05) is 6.07 Å². The van der Waals surface area contributed by atoms with Crippen LogP contribution in [-0.2, 0) is 14.5 Å². The van der Waals surface area contributed by atoms with Crippen LogP contribution in [0.5, 0.6) is 11.5 Å². The maximum atomic E-state index is 11.5.